The first-order valence-electron chi connectivity index (χ1n) is 9.87. The number of hydrogen-bond donors (Lipinski definition) is 0. The molecule has 3 rings (SSSR count). The first-order chi connectivity index (χ1) is 14.0. The van der Waals surface area contributed by atoms with Crippen LogP contribution in [0, 0.1) is 5.82 Å². The van der Waals surface area contributed by atoms with Crippen molar-refractivity contribution in [2.24, 2.45) is 0 Å². The van der Waals surface area contributed by atoms with Gasteiger partial charge in [0, 0.05) is 0 Å². The van der Waals surface area contributed by atoms with Crippen molar-refractivity contribution in [2.45, 2.75) is 38.5 Å². The highest BCUT2D eigenvalue weighted by molar-refractivity contribution is 5.35. The minimum Gasteiger partial charge on any atom is -0.466 e. The summed E-state index contributed by atoms with van der Waals surface area (Å²) in [6, 6.07) is 22.5. The Morgan fingerprint density at radius 3 is 2.34 bits per heavy atom. The van der Waals surface area contributed by atoms with Crippen LogP contribution in [0.1, 0.15) is 37.8 Å². The van der Waals surface area contributed by atoms with Gasteiger partial charge in [-0.05, 0) is 72.2 Å². The van der Waals surface area contributed by atoms with Crippen LogP contribution in [0.3, 0.4) is 0 Å². The second-order valence-corrected chi connectivity index (χ2v) is 7.73. The molecule has 29 heavy (non-hydrogen) atoms. The van der Waals surface area contributed by atoms with Crippen LogP contribution < -0.4 is 9.47 Å². The van der Waals surface area contributed by atoms with Gasteiger partial charge in [-0.25, -0.2) is 4.39 Å². The predicted octanol–water partition coefficient (Wildman–Crippen LogP) is 7.44. The average molecular weight is 390 g/mol. The zero-order chi connectivity index (χ0) is 20.7. The molecule has 2 nitrogen and oxygen atoms in total. The maximum Gasteiger partial charge on any atom is 0.165 e. The number of hydrogen-bond acceptors (Lipinski definition) is 2. The Bertz CT molecular complexity index is 931. The Morgan fingerprint density at radius 2 is 1.66 bits per heavy atom. The van der Waals surface area contributed by atoms with E-state index in [0.29, 0.717) is 5.75 Å². The molecule has 0 aliphatic heterocycles. The zero-order valence-electron chi connectivity index (χ0n) is 17.0. The number of rotatable bonds is 9. The third kappa shape index (κ3) is 5.71. The van der Waals surface area contributed by atoms with Crippen LogP contribution in [0.4, 0.5) is 4.39 Å². The number of para-hydroxylation sites is 1. The van der Waals surface area contributed by atoms with Gasteiger partial charge < -0.3 is 9.47 Å². The van der Waals surface area contributed by atoms with Crippen LogP contribution in [0.15, 0.2) is 85.6 Å². The quantitative estimate of drug-likeness (QED) is 0.353. The van der Waals surface area contributed by atoms with Crippen LogP contribution in [0.25, 0.3) is 0 Å². The molecule has 3 heteroatoms. The number of aryl methyl sites for hydroxylation is 1. The lowest BCUT2D eigenvalue weighted by Crippen LogP contribution is -2.17. The molecule has 0 heterocycles. The van der Waals surface area contributed by atoms with E-state index in [1.807, 2.05) is 48.5 Å². The third-order valence-electron chi connectivity index (χ3n) is 5.09. The Morgan fingerprint density at radius 1 is 0.931 bits per heavy atom. The Balaban J connectivity index is 1.60. The van der Waals surface area contributed by atoms with Crippen LogP contribution >= 0.6 is 0 Å². The topological polar surface area (TPSA) is 18.5 Å². The van der Waals surface area contributed by atoms with E-state index in [2.05, 4.69) is 32.6 Å². The van der Waals surface area contributed by atoms with Gasteiger partial charge in [-0.15, -0.1) is 0 Å². The average Bonchev–Trinajstić information content (AvgIpc) is 2.72. The maximum atomic E-state index is 14.1. The van der Waals surface area contributed by atoms with E-state index in [-0.39, 0.29) is 17.0 Å². The fourth-order valence-corrected chi connectivity index (χ4v) is 3.36. The summed E-state index contributed by atoms with van der Waals surface area (Å²) >= 11 is 0. The molecule has 3 aromatic carbocycles. The van der Waals surface area contributed by atoms with Crippen LogP contribution in [0.2, 0.25) is 0 Å². The fourth-order valence-electron chi connectivity index (χ4n) is 3.36. The number of benzene rings is 3. The van der Waals surface area contributed by atoms with Crippen molar-refractivity contribution < 1.29 is 13.9 Å². The molecule has 150 valence electrons. The second-order valence-electron chi connectivity index (χ2n) is 7.73. The first kappa shape index (κ1) is 20.7. The molecule has 0 aromatic heterocycles. The van der Waals surface area contributed by atoms with E-state index in [9.17, 15) is 4.39 Å². The molecule has 0 unspecified atom stereocenters. The predicted molar refractivity (Wildman–Crippen MR) is 116 cm³/mol. The lowest BCUT2D eigenvalue weighted by Gasteiger charge is -2.25. The summed E-state index contributed by atoms with van der Waals surface area (Å²) in [5.74, 6) is 1.34. The van der Waals surface area contributed by atoms with Crippen LogP contribution in [0.5, 0.6) is 17.2 Å². The largest absolute Gasteiger partial charge is 0.466 e. The summed E-state index contributed by atoms with van der Waals surface area (Å²) in [4.78, 5) is 0. The molecule has 0 saturated heterocycles. The molecule has 0 N–H and O–H groups in total. The molecule has 0 radical (unpaired) electrons. The molecule has 0 spiro atoms. The van der Waals surface area contributed by atoms with Crippen LogP contribution in [-0.2, 0) is 11.8 Å². The number of ether oxygens (including phenoxy) is 2. The fraction of sp³-hybridized carbons (Fsp3) is 0.231. The van der Waals surface area contributed by atoms with Gasteiger partial charge in [0.1, 0.15) is 11.5 Å². The van der Waals surface area contributed by atoms with Gasteiger partial charge >= 0.3 is 0 Å². The summed E-state index contributed by atoms with van der Waals surface area (Å²) < 4.78 is 25.1. The first-order valence-corrected chi connectivity index (χ1v) is 9.87. The smallest absolute Gasteiger partial charge is 0.165 e. The summed E-state index contributed by atoms with van der Waals surface area (Å²) in [5.41, 5.74) is 2.37. The molecule has 3 aromatic rings. The molecule has 0 aliphatic rings. The van der Waals surface area contributed by atoms with Crippen molar-refractivity contribution in [3.63, 3.8) is 0 Å². The maximum absolute atomic E-state index is 14.1. The van der Waals surface area contributed by atoms with Gasteiger partial charge in [0.25, 0.3) is 0 Å². The van der Waals surface area contributed by atoms with Crippen LogP contribution in [-0.4, -0.2) is 0 Å². The van der Waals surface area contributed by atoms with Gasteiger partial charge in [0.05, 0.1) is 6.26 Å². The molecule has 0 bridgehead atoms. The highest BCUT2D eigenvalue weighted by Crippen LogP contribution is 2.31. The summed E-state index contributed by atoms with van der Waals surface area (Å²) in [7, 11) is 0. The van der Waals surface area contributed by atoms with Crippen molar-refractivity contribution in [3.8, 4) is 17.2 Å². The summed E-state index contributed by atoms with van der Waals surface area (Å²) in [5, 5.41) is 0. The van der Waals surface area contributed by atoms with Gasteiger partial charge in [0.2, 0.25) is 0 Å². The Kier molecular flexibility index (Phi) is 6.71. The van der Waals surface area contributed by atoms with E-state index in [4.69, 9.17) is 9.47 Å². The standard InChI is InChI=1S/C26H27FO2/c1-4-28-22-15-13-21(14-16-22)26(2,3)18-8-9-20-12-17-24(27)25(19-20)29-23-10-6-5-7-11-23/h4-7,10-17,19H,1,8-9,18H2,2-3H3. The van der Waals surface area contributed by atoms with Gasteiger partial charge in [-0.3, -0.25) is 0 Å². The van der Waals surface area contributed by atoms with Gasteiger partial charge in [-0.1, -0.05) is 56.8 Å². The highest BCUT2D eigenvalue weighted by Gasteiger charge is 2.20. The Labute approximate surface area is 172 Å². The van der Waals surface area contributed by atoms with E-state index >= 15 is 0 Å². The molecule has 0 amide bonds. The third-order valence-corrected chi connectivity index (χ3v) is 5.09. The molecule has 0 aliphatic carbocycles. The second kappa shape index (κ2) is 9.42. The van der Waals surface area contributed by atoms with E-state index in [0.717, 1.165) is 30.6 Å². The van der Waals surface area contributed by atoms with E-state index < -0.39 is 0 Å². The number of halogens is 1. The lowest BCUT2D eigenvalue weighted by molar-refractivity contribution is 0.439. The van der Waals surface area contributed by atoms with Crippen molar-refractivity contribution in [1.82, 2.24) is 0 Å². The minimum atomic E-state index is -0.347. The molecule has 0 fully saturated rings. The summed E-state index contributed by atoms with van der Waals surface area (Å²) in [6.07, 6.45) is 4.31. The molecule has 0 saturated carbocycles. The minimum absolute atomic E-state index is 0.0378. The zero-order valence-corrected chi connectivity index (χ0v) is 17.0. The summed E-state index contributed by atoms with van der Waals surface area (Å²) in [6.45, 7) is 8.06. The van der Waals surface area contributed by atoms with Gasteiger partial charge in [-0.2, -0.15) is 0 Å². The lowest BCUT2D eigenvalue weighted by atomic mass is 9.80. The van der Waals surface area contributed by atoms with Crippen molar-refractivity contribution >= 4 is 0 Å². The molecule has 0 atom stereocenters. The molecular weight excluding hydrogens is 363 g/mol. The van der Waals surface area contributed by atoms with E-state index in [1.54, 1.807) is 6.07 Å². The molecular formula is C26H27FO2. The van der Waals surface area contributed by atoms with Crippen molar-refractivity contribution in [1.29, 1.82) is 0 Å². The van der Waals surface area contributed by atoms with Crippen molar-refractivity contribution in [3.05, 3.63) is 103 Å². The highest BCUT2D eigenvalue weighted by atomic mass is 19.1. The van der Waals surface area contributed by atoms with Crippen molar-refractivity contribution in [2.75, 3.05) is 0 Å². The monoisotopic (exact) mass is 390 g/mol. The SMILES string of the molecule is C=COc1ccc(C(C)(C)CCCc2ccc(F)c(Oc3ccccc3)c2)cc1. The Hall–Kier alpha value is -3.07. The van der Waals surface area contributed by atoms with Gasteiger partial charge in [0.15, 0.2) is 11.6 Å². The normalized spacial score (nSPS) is 11.1. The van der Waals surface area contributed by atoms with E-state index in [1.165, 1.54) is 17.9 Å².